The van der Waals surface area contributed by atoms with Gasteiger partial charge in [0.2, 0.25) is 0 Å². The lowest BCUT2D eigenvalue weighted by Crippen LogP contribution is -2.55. The van der Waals surface area contributed by atoms with E-state index in [4.69, 9.17) is 9.47 Å². The molecular formula is C20H27NO5. The fourth-order valence-corrected chi connectivity index (χ4v) is 4.66. The molecule has 142 valence electrons. The highest BCUT2D eigenvalue weighted by Gasteiger charge is 2.73. The molecule has 2 saturated carbocycles. The number of methoxy groups -OCH3 is 1. The van der Waals surface area contributed by atoms with Gasteiger partial charge in [0.25, 0.3) is 0 Å². The van der Waals surface area contributed by atoms with E-state index in [0.29, 0.717) is 6.42 Å². The maximum Gasteiger partial charge on any atom is 0.326 e. The molecule has 26 heavy (non-hydrogen) atoms. The normalized spacial score (nSPS) is 33.2. The minimum atomic E-state index is -0.978. The zero-order valence-corrected chi connectivity index (χ0v) is 15.5. The largest absolute Gasteiger partial charge is 0.469 e. The van der Waals surface area contributed by atoms with Gasteiger partial charge in [-0.25, -0.2) is 0 Å². The Morgan fingerprint density at radius 1 is 1.35 bits per heavy atom. The summed E-state index contributed by atoms with van der Waals surface area (Å²) >= 11 is 0. The summed E-state index contributed by atoms with van der Waals surface area (Å²) < 4.78 is 10.1. The van der Waals surface area contributed by atoms with Crippen molar-refractivity contribution in [3.8, 4) is 0 Å². The molecule has 0 bridgehead atoms. The molecule has 0 amide bonds. The molecule has 0 aromatic heterocycles. The van der Waals surface area contributed by atoms with Crippen molar-refractivity contribution in [3.63, 3.8) is 0 Å². The highest BCUT2D eigenvalue weighted by molar-refractivity contribution is 5.84. The van der Waals surface area contributed by atoms with Crippen LogP contribution in [0, 0.1) is 17.8 Å². The number of esters is 2. The van der Waals surface area contributed by atoms with E-state index in [-0.39, 0.29) is 48.8 Å². The molecule has 0 saturated heterocycles. The number of benzene rings is 1. The van der Waals surface area contributed by atoms with Crippen LogP contribution < -0.4 is 5.32 Å². The number of aliphatic hydroxyl groups is 1. The van der Waals surface area contributed by atoms with E-state index in [1.165, 1.54) is 7.11 Å². The molecule has 2 N–H and O–H groups in total. The van der Waals surface area contributed by atoms with E-state index in [1.807, 2.05) is 37.3 Å². The van der Waals surface area contributed by atoms with Crippen molar-refractivity contribution in [2.75, 3.05) is 13.7 Å². The Labute approximate surface area is 153 Å². The van der Waals surface area contributed by atoms with Gasteiger partial charge < -0.3 is 14.6 Å². The monoisotopic (exact) mass is 361 g/mol. The molecule has 6 nitrogen and oxygen atoms in total. The Morgan fingerprint density at radius 2 is 2.04 bits per heavy atom. The van der Waals surface area contributed by atoms with Crippen LogP contribution in [0.15, 0.2) is 30.3 Å². The van der Waals surface area contributed by atoms with Crippen LogP contribution in [0.5, 0.6) is 0 Å². The molecular weight excluding hydrogens is 334 g/mol. The molecule has 0 spiro atoms. The highest BCUT2D eigenvalue weighted by atomic mass is 16.5. The van der Waals surface area contributed by atoms with Gasteiger partial charge in [0, 0.05) is 18.9 Å². The number of aliphatic hydroxyl groups excluding tert-OH is 1. The lowest BCUT2D eigenvalue weighted by Gasteiger charge is -2.34. The van der Waals surface area contributed by atoms with E-state index < -0.39 is 11.6 Å². The third-order valence-corrected chi connectivity index (χ3v) is 5.82. The lowest BCUT2D eigenvalue weighted by molar-refractivity contribution is -0.154. The third-order valence-electron chi connectivity index (χ3n) is 5.82. The van der Waals surface area contributed by atoms with Gasteiger partial charge in [0.05, 0.1) is 19.8 Å². The first-order valence-electron chi connectivity index (χ1n) is 9.19. The van der Waals surface area contributed by atoms with Crippen molar-refractivity contribution in [2.45, 2.75) is 44.4 Å². The predicted octanol–water partition coefficient (Wildman–Crippen LogP) is 1.83. The van der Waals surface area contributed by atoms with Crippen molar-refractivity contribution < 1.29 is 24.2 Å². The number of carbonyl (C=O) groups is 2. The Kier molecular flexibility index (Phi) is 5.34. The first-order valence-corrected chi connectivity index (χ1v) is 9.19. The van der Waals surface area contributed by atoms with Crippen LogP contribution in [0.3, 0.4) is 0 Å². The fourth-order valence-electron chi connectivity index (χ4n) is 4.66. The molecule has 6 heteroatoms. The molecule has 2 aliphatic rings. The number of hydrogen-bond acceptors (Lipinski definition) is 6. The van der Waals surface area contributed by atoms with Crippen molar-refractivity contribution in [3.05, 3.63) is 35.9 Å². The second-order valence-electron chi connectivity index (χ2n) is 7.29. The van der Waals surface area contributed by atoms with Gasteiger partial charge in [-0.1, -0.05) is 30.3 Å². The molecule has 1 aromatic carbocycles. The zero-order valence-electron chi connectivity index (χ0n) is 15.5. The minimum absolute atomic E-state index is 0.0638. The summed E-state index contributed by atoms with van der Waals surface area (Å²) in [7, 11) is 1.35. The van der Waals surface area contributed by atoms with Gasteiger partial charge in [0.1, 0.15) is 5.54 Å². The Bertz CT molecular complexity index is 663. The van der Waals surface area contributed by atoms with Crippen LogP contribution in [0.4, 0.5) is 0 Å². The van der Waals surface area contributed by atoms with Gasteiger partial charge in [0.15, 0.2) is 0 Å². The van der Waals surface area contributed by atoms with Gasteiger partial charge >= 0.3 is 11.9 Å². The molecule has 0 radical (unpaired) electrons. The topological polar surface area (TPSA) is 84.9 Å². The van der Waals surface area contributed by atoms with Crippen molar-refractivity contribution >= 4 is 11.9 Å². The van der Waals surface area contributed by atoms with Crippen LogP contribution in [0.1, 0.15) is 38.3 Å². The van der Waals surface area contributed by atoms with Gasteiger partial charge in [-0.05, 0) is 37.2 Å². The SMILES string of the molecule is CCOC(=O)[C@]1(N[C@H](C)c2ccccc2)C[C@H](O)[C@H]2[C@H](CC(=O)OC)[C@H]21. The summed E-state index contributed by atoms with van der Waals surface area (Å²) in [4.78, 5) is 24.6. The van der Waals surface area contributed by atoms with E-state index in [1.54, 1.807) is 6.92 Å². The van der Waals surface area contributed by atoms with E-state index >= 15 is 0 Å². The number of ether oxygens (including phenoxy) is 2. The molecule has 3 rings (SSSR count). The number of carbonyl (C=O) groups excluding carboxylic acids is 2. The van der Waals surface area contributed by atoms with Gasteiger partial charge in [-0.2, -0.15) is 0 Å². The summed E-state index contributed by atoms with van der Waals surface area (Å²) in [5.74, 6) is -0.922. The summed E-state index contributed by atoms with van der Waals surface area (Å²) in [6.45, 7) is 4.04. The fraction of sp³-hybridized carbons (Fsp3) is 0.600. The van der Waals surface area contributed by atoms with Crippen LogP contribution >= 0.6 is 0 Å². The maximum absolute atomic E-state index is 12.9. The van der Waals surface area contributed by atoms with Crippen LogP contribution in [0.25, 0.3) is 0 Å². The second kappa shape index (κ2) is 7.37. The van der Waals surface area contributed by atoms with E-state index in [0.717, 1.165) is 5.56 Å². The molecule has 2 fully saturated rings. The molecule has 0 aliphatic heterocycles. The highest BCUT2D eigenvalue weighted by Crippen LogP contribution is 2.64. The Balaban J connectivity index is 1.85. The van der Waals surface area contributed by atoms with Gasteiger partial charge in [-0.15, -0.1) is 0 Å². The molecule has 1 aromatic rings. The molecule has 0 unspecified atom stereocenters. The first-order chi connectivity index (χ1) is 12.4. The zero-order chi connectivity index (χ0) is 18.9. The number of nitrogens with one attached hydrogen (secondary N) is 1. The van der Waals surface area contributed by atoms with Crippen molar-refractivity contribution in [1.82, 2.24) is 5.32 Å². The standard InChI is InChI=1S/C20H27NO5/c1-4-26-19(24)20(21-12(2)13-8-6-5-7-9-13)11-15(22)17-14(18(17)20)10-16(23)25-3/h5-9,12,14-15,17-18,21-22H,4,10-11H2,1-3H3/t12-,14+,15+,17-,18-,20+/m1/s1. The number of hydrogen-bond donors (Lipinski definition) is 2. The van der Waals surface area contributed by atoms with Crippen molar-refractivity contribution in [1.29, 1.82) is 0 Å². The minimum Gasteiger partial charge on any atom is -0.469 e. The van der Waals surface area contributed by atoms with Crippen LogP contribution in [-0.4, -0.2) is 42.4 Å². The second-order valence-corrected chi connectivity index (χ2v) is 7.29. The number of fused-ring (bicyclic) bond motifs is 1. The van der Waals surface area contributed by atoms with Crippen LogP contribution in [0.2, 0.25) is 0 Å². The van der Waals surface area contributed by atoms with Crippen molar-refractivity contribution in [2.24, 2.45) is 17.8 Å². The smallest absolute Gasteiger partial charge is 0.326 e. The summed E-state index contributed by atoms with van der Waals surface area (Å²) in [6.07, 6.45) is -0.115. The Morgan fingerprint density at radius 3 is 2.65 bits per heavy atom. The first kappa shape index (κ1) is 18.9. The average molecular weight is 361 g/mol. The summed E-state index contributed by atoms with van der Waals surface area (Å²) in [5, 5.41) is 14.0. The predicted molar refractivity (Wildman–Crippen MR) is 95.1 cm³/mol. The summed E-state index contributed by atoms with van der Waals surface area (Å²) in [6, 6.07) is 9.75. The average Bonchev–Trinajstić information content (AvgIpc) is 3.27. The van der Waals surface area contributed by atoms with Crippen LogP contribution in [-0.2, 0) is 19.1 Å². The molecule has 6 atom stereocenters. The van der Waals surface area contributed by atoms with E-state index in [2.05, 4.69) is 5.32 Å². The summed E-state index contributed by atoms with van der Waals surface area (Å²) in [5.41, 5.74) is 0.0768. The number of rotatable bonds is 7. The third kappa shape index (κ3) is 3.23. The van der Waals surface area contributed by atoms with Gasteiger partial charge in [-0.3, -0.25) is 14.9 Å². The van der Waals surface area contributed by atoms with E-state index in [9.17, 15) is 14.7 Å². The lowest BCUT2D eigenvalue weighted by atomic mass is 9.87. The maximum atomic E-state index is 12.9. The Hall–Kier alpha value is -1.92. The molecule has 2 aliphatic carbocycles. The quantitative estimate of drug-likeness (QED) is 0.721. The molecule has 0 heterocycles.